The van der Waals surface area contributed by atoms with Crippen molar-refractivity contribution in [2.45, 2.75) is 32.6 Å². The van der Waals surface area contributed by atoms with Crippen LogP contribution in [0.5, 0.6) is 11.5 Å². The zero-order valence-corrected chi connectivity index (χ0v) is 15.4. The van der Waals surface area contributed by atoms with Crippen LogP contribution in [0.2, 0.25) is 0 Å². The molecule has 0 fully saturated rings. The first-order chi connectivity index (χ1) is 12.5. The van der Waals surface area contributed by atoms with Gasteiger partial charge < -0.3 is 14.2 Å². The Hall–Kier alpha value is -2.82. The van der Waals surface area contributed by atoms with Crippen LogP contribution in [0.15, 0.2) is 48.5 Å². The van der Waals surface area contributed by atoms with Crippen LogP contribution in [0.1, 0.15) is 48.5 Å². The van der Waals surface area contributed by atoms with Crippen LogP contribution in [0.3, 0.4) is 0 Å². The largest absolute Gasteiger partial charge is 0.494 e. The molecule has 0 aliphatic heterocycles. The molecule has 0 atom stereocenters. The molecule has 138 valence electrons. The van der Waals surface area contributed by atoms with Gasteiger partial charge in [0.05, 0.1) is 19.3 Å². The summed E-state index contributed by atoms with van der Waals surface area (Å²) < 4.78 is 15.5. The molecule has 0 spiro atoms. The molecule has 5 nitrogen and oxygen atoms in total. The summed E-state index contributed by atoms with van der Waals surface area (Å²) in [4.78, 5) is 23.2. The van der Waals surface area contributed by atoms with Crippen LogP contribution in [0.4, 0.5) is 0 Å². The van der Waals surface area contributed by atoms with Gasteiger partial charge in [-0.1, -0.05) is 26.0 Å². The maximum absolute atomic E-state index is 11.8. The maximum atomic E-state index is 11.8. The van der Waals surface area contributed by atoms with E-state index in [0.29, 0.717) is 30.3 Å². The Kier molecular flexibility index (Phi) is 7.21. The van der Waals surface area contributed by atoms with Gasteiger partial charge in [-0.05, 0) is 54.3 Å². The molecule has 26 heavy (non-hydrogen) atoms. The van der Waals surface area contributed by atoms with Gasteiger partial charge in [0.2, 0.25) is 0 Å². The van der Waals surface area contributed by atoms with E-state index >= 15 is 0 Å². The van der Waals surface area contributed by atoms with Crippen molar-refractivity contribution in [2.75, 3.05) is 13.7 Å². The Morgan fingerprint density at radius 3 is 2.12 bits per heavy atom. The molecule has 0 aliphatic rings. The predicted molar refractivity (Wildman–Crippen MR) is 98.7 cm³/mol. The van der Waals surface area contributed by atoms with E-state index in [4.69, 9.17) is 9.47 Å². The van der Waals surface area contributed by atoms with Gasteiger partial charge in [-0.15, -0.1) is 0 Å². The molecular formula is C21H24O5. The summed E-state index contributed by atoms with van der Waals surface area (Å²) in [5, 5.41) is 0. The van der Waals surface area contributed by atoms with Crippen LogP contribution < -0.4 is 9.47 Å². The van der Waals surface area contributed by atoms with Gasteiger partial charge in [-0.25, -0.2) is 4.79 Å². The highest BCUT2D eigenvalue weighted by Gasteiger charge is 2.08. The molecule has 2 aromatic rings. The summed E-state index contributed by atoms with van der Waals surface area (Å²) in [6.07, 6.45) is 0.813. The number of rotatable bonds is 8. The van der Waals surface area contributed by atoms with Crippen molar-refractivity contribution in [3.8, 4) is 11.5 Å². The predicted octanol–water partition coefficient (Wildman–Crippen LogP) is 4.36. The first-order valence-corrected chi connectivity index (χ1v) is 8.61. The Morgan fingerprint density at radius 1 is 0.923 bits per heavy atom. The van der Waals surface area contributed by atoms with E-state index in [1.54, 1.807) is 24.3 Å². The SMILES string of the molecule is COC(=O)c1ccc(OC(=O)CCCOc2ccc(C(C)C)cc2)cc1. The lowest BCUT2D eigenvalue weighted by Crippen LogP contribution is -2.10. The quantitative estimate of drug-likeness (QED) is 0.399. The molecule has 2 aromatic carbocycles. The number of ether oxygens (including phenoxy) is 3. The van der Waals surface area contributed by atoms with E-state index in [0.717, 1.165) is 5.75 Å². The van der Waals surface area contributed by atoms with Crippen molar-refractivity contribution in [3.63, 3.8) is 0 Å². The third-order valence-electron chi connectivity index (χ3n) is 3.85. The number of benzene rings is 2. The number of carbonyl (C=O) groups excluding carboxylic acids is 2. The van der Waals surface area contributed by atoms with Crippen LogP contribution in [0.25, 0.3) is 0 Å². The van der Waals surface area contributed by atoms with Gasteiger partial charge >= 0.3 is 11.9 Å². The van der Waals surface area contributed by atoms with Crippen molar-refractivity contribution in [1.29, 1.82) is 0 Å². The lowest BCUT2D eigenvalue weighted by atomic mass is 10.0. The topological polar surface area (TPSA) is 61.8 Å². The number of carbonyl (C=O) groups is 2. The van der Waals surface area contributed by atoms with Crippen LogP contribution in [-0.2, 0) is 9.53 Å². The summed E-state index contributed by atoms with van der Waals surface area (Å²) in [6.45, 7) is 4.73. The standard InChI is InChI=1S/C21H24O5/c1-15(2)16-6-10-18(11-7-16)25-14-4-5-20(22)26-19-12-8-17(9-13-19)21(23)24-3/h6-13,15H,4-5,14H2,1-3H3. The lowest BCUT2D eigenvalue weighted by Gasteiger charge is -2.09. The van der Waals surface area contributed by atoms with Gasteiger partial charge in [-0.2, -0.15) is 0 Å². The van der Waals surface area contributed by atoms with Crippen LogP contribution in [0, 0.1) is 0 Å². The first-order valence-electron chi connectivity index (χ1n) is 8.61. The summed E-state index contributed by atoms with van der Waals surface area (Å²) in [5.74, 6) is 0.908. The molecule has 0 aliphatic carbocycles. The Labute approximate surface area is 153 Å². The molecule has 0 unspecified atom stereocenters. The van der Waals surface area contributed by atoms with E-state index in [2.05, 4.69) is 18.6 Å². The third-order valence-corrected chi connectivity index (χ3v) is 3.85. The summed E-state index contributed by atoms with van der Waals surface area (Å²) in [5.41, 5.74) is 1.67. The molecule has 0 N–H and O–H groups in total. The zero-order chi connectivity index (χ0) is 18.9. The first kappa shape index (κ1) is 19.5. The minimum absolute atomic E-state index is 0.253. The molecule has 0 bridgehead atoms. The van der Waals surface area contributed by atoms with Crippen molar-refractivity contribution in [3.05, 3.63) is 59.7 Å². The highest BCUT2D eigenvalue weighted by molar-refractivity contribution is 5.89. The van der Waals surface area contributed by atoms with Crippen molar-refractivity contribution in [2.24, 2.45) is 0 Å². The van der Waals surface area contributed by atoms with Crippen molar-refractivity contribution >= 4 is 11.9 Å². The molecule has 5 heteroatoms. The fourth-order valence-corrected chi connectivity index (χ4v) is 2.31. The summed E-state index contributed by atoms with van der Waals surface area (Å²) in [6, 6.07) is 14.2. The molecule has 2 rings (SSSR count). The number of esters is 2. The number of hydrogen-bond acceptors (Lipinski definition) is 5. The number of hydrogen-bond donors (Lipinski definition) is 0. The molecule has 0 radical (unpaired) electrons. The van der Waals surface area contributed by atoms with Gasteiger partial charge in [0.25, 0.3) is 0 Å². The van der Waals surface area contributed by atoms with Gasteiger partial charge in [0.1, 0.15) is 11.5 Å². The second-order valence-corrected chi connectivity index (χ2v) is 6.17. The normalized spacial score (nSPS) is 10.5. The fourth-order valence-electron chi connectivity index (χ4n) is 2.31. The third kappa shape index (κ3) is 5.92. The Balaban J connectivity index is 1.71. The average Bonchev–Trinajstić information content (AvgIpc) is 2.65. The van der Waals surface area contributed by atoms with Crippen LogP contribution in [-0.4, -0.2) is 25.7 Å². The Morgan fingerprint density at radius 2 is 1.54 bits per heavy atom. The highest BCUT2D eigenvalue weighted by atomic mass is 16.5. The second-order valence-electron chi connectivity index (χ2n) is 6.17. The number of methoxy groups -OCH3 is 1. The molecule has 0 amide bonds. The van der Waals surface area contributed by atoms with E-state index in [1.807, 2.05) is 24.3 Å². The Bertz CT molecular complexity index is 717. The highest BCUT2D eigenvalue weighted by Crippen LogP contribution is 2.19. The van der Waals surface area contributed by atoms with Gasteiger partial charge in [-0.3, -0.25) is 4.79 Å². The fraction of sp³-hybridized carbons (Fsp3) is 0.333. The molecular weight excluding hydrogens is 332 g/mol. The molecule has 0 heterocycles. The van der Waals surface area contributed by atoms with E-state index in [1.165, 1.54) is 12.7 Å². The minimum Gasteiger partial charge on any atom is -0.494 e. The minimum atomic E-state index is -0.429. The maximum Gasteiger partial charge on any atom is 0.337 e. The summed E-state index contributed by atoms with van der Waals surface area (Å²) >= 11 is 0. The lowest BCUT2D eigenvalue weighted by molar-refractivity contribution is -0.134. The molecule has 0 saturated carbocycles. The molecule has 0 saturated heterocycles. The van der Waals surface area contributed by atoms with Crippen molar-refractivity contribution in [1.82, 2.24) is 0 Å². The zero-order valence-electron chi connectivity index (χ0n) is 15.4. The second kappa shape index (κ2) is 9.61. The monoisotopic (exact) mass is 356 g/mol. The molecule has 0 aromatic heterocycles. The smallest absolute Gasteiger partial charge is 0.337 e. The van der Waals surface area contributed by atoms with Crippen LogP contribution >= 0.6 is 0 Å². The van der Waals surface area contributed by atoms with Gasteiger partial charge in [0.15, 0.2) is 0 Å². The van der Waals surface area contributed by atoms with E-state index < -0.39 is 5.97 Å². The summed E-state index contributed by atoms with van der Waals surface area (Å²) in [7, 11) is 1.32. The average molecular weight is 356 g/mol. The van der Waals surface area contributed by atoms with E-state index in [-0.39, 0.29) is 12.4 Å². The van der Waals surface area contributed by atoms with Gasteiger partial charge in [0, 0.05) is 6.42 Å². The van der Waals surface area contributed by atoms with E-state index in [9.17, 15) is 9.59 Å². The van der Waals surface area contributed by atoms with Crippen molar-refractivity contribution < 1.29 is 23.8 Å².